The van der Waals surface area contributed by atoms with Gasteiger partial charge in [0.15, 0.2) is 0 Å². The minimum atomic E-state index is -0.846. The number of amides is 1. The maximum absolute atomic E-state index is 12.9. The van der Waals surface area contributed by atoms with Crippen molar-refractivity contribution in [1.82, 2.24) is 10.6 Å². The third-order valence-electron chi connectivity index (χ3n) is 5.74. The molecule has 0 aromatic heterocycles. The summed E-state index contributed by atoms with van der Waals surface area (Å²) in [7, 11) is 3.14. The van der Waals surface area contributed by atoms with Gasteiger partial charge < -0.3 is 25.2 Å². The third kappa shape index (κ3) is 3.46. The van der Waals surface area contributed by atoms with Crippen molar-refractivity contribution < 1.29 is 19.4 Å². The Hall–Kier alpha value is -1.79. The van der Waals surface area contributed by atoms with Crippen LogP contribution in [-0.2, 0) is 4.79 Å². The van der Waals surface area contributed by atoms with E-state index in [4.69, 9.17) is 9.47 Å². The Balaban J connectivity index is 1.68. The standard InChI is InChI=1S/C19H28N2O4/c1-24-14-6-7-17(25-2)15(9-14)16(22)11-21-18(23)19-8-4-3-5-13(19)10-20-12-19/h6-7,9,13,16,20,22H,3-5,8,10-12H2,1-2H3,(H,21,23)/t13-,16?,19+/m0/s1. The van der Waals surface area contributed by atoms with Crippen molar-refractivity contribution in [3.63, 3.8) is 0 Å². The summed E-state index contributed by atoms with van der Waals surface area (Å²) < 4.78 is 10.5. The summed E-state index contributed by atoms with van der Waals surface area (Å²) in [5, 5.41) is 16.9. The fourth-order valence-electron chi connectivity index (χ4n) is 4.27. The van der Waals surface area contributed by atoms with Gasteiger partial charge >= 0.3 is 0 Å². The van der Waals surface area contributed by atoms with E-state index in [0.717, 1.165) is 32.4 Å². The van der Waals surface area contributed by atoms with Crippen LogP contribution in [0.5, 0.6) is 11.5 Å². The summed E-state index contributed by atoms with van der Waals surface area (Å²) >= 11 is 0. The lowest BCUT2D eigenvalue weighted by atomic mass is 9.67. The average molecular weight is 348 g/mol. The third-order valence-corrected chi connectivity index (χ3v) is 5.74. The number of carbonyl (C=O) groups is 1. The SMILES string of the molecule is COc1ccc(OC)c(C(O)CNC(=O)[C@@]23CCCC[C@H]2CNC3)c1. The van der Waals surface area contributed by atoms with E-state index in [1.54, 1.807) is 32.4 Å². The summed E-state index contributed by atoms with van der Waals surface area (Å²) in [4.78, 5) is 12.9. The fourth-order valence-corrected chi connectivity index (χ4v) is 4.27. The second kappa shape index (κ2) is 7.62. The number of aliphatic hydroxyl groups is 1. The van der Waals surface area contributed by atoms with Crippen LogP contribution in [0.4, 0.5) is 0 Å². The molecule has 1 saturated carbocycles. The minimum Gasteiger partial charge on any atom is -0.497 e. The Kier molecular flexibility index (Phi) is 5.49. The molecule has 138 valence electrons. The Morgan fingerprint density at radius 2 is 2.24 bits per heavy atom. The quantitative estimate of drug-likeness (QED) is 0.728. The number of hydrogen-bond acceptors (Lipinski definition) is 5. The van der Waals surface area contributed by atoms with E-state index in [2.05, 4.69) is 10.6 Å². The van der Waals surface area contributed by atoms with Crippen LogP contribution in [0.15, 0.2) is 18.2 Å². The molecule has 1 heterocycles. The van der Waals surface area contributed by atoms with Gasteiger partial charge in [-0.3, -0.25) is 4.79 Å². The molecule has 1 aliphatic carbocycles. The van der Waals surface area contributed by atoms with Gasteiger partial charge in [-0.1, -0.05) is 12.8 Å². The van der Waals surface area contributed by atoms with E-state index in [-0.39, 0.29) is 17.9 Å². The van der Waals surface area contributed by atoms with Crippen LogP contribution in [0, 0.1) is 11.3 Å². The van der Waals surface area contributed by atoms with Crippen LogP contribution >= 0.6 is 0 Å². The number of carbonyl (C=O) groups excluding carboxylic acids is 1. The van der Waals surface area contributed by atoms with E-state index < -0.39 is 6.10 Å². The molecule has 2 aliphatic rings. The molecule has 0 radical (unpaired) electrons. The highest BCUT2D eigenvalue weighted by atomic mass is 16.5. The maximum Gasteiger partial charge on any atom is 0.227 e. The zero-order valence-corrected chi connectivity index (χ0v) is 15.0. The first kappa shape index (κ1) is 18.0. The largest absolute Gasteiger partial charge is 0.497 e. The topological polar surface area (TPSA) is 79.8 Å². The Labute approximate surface area is 148 Å². The summed E-state index contributed by atoms with van der Waals surface area (Å²) in [5.74, 6) is 1.69. The molecule has 25 heavy (non-hydrogen) atoms. The Morgan fingerprint density at radius 3 is 3.00 bits per heavy atom. The molecule has 1 aromatic carbocycles. The monoisotopic (exact) mass is 348 g/mol. The number of aliphatic hydroxyl groups excluding tert-OH is 1. The molecule has 1 unspecified atom stereocenters. The number of methoxy groups -OCH3 is 2. The van der Waals surface area contributed by atoms with Gasteiger partial charge in [-0.25, -0.2) is 0 Å². The first-order chi connectivity index (χ1) is 12.1. The van der Waals surface area contributed by atoms with Crippen molar-refractivity contribution in [1.29, 1.82) is 0 Å². The number of nitrogens with one attached hydrogen (secondary N) is 2. The van der Waals surface area contributed by atoms with Gasteiger partial charge in [-0.2, -0.15) is 0 Å². The van der Waals surface area contributed by atoms with Crippen LogP contribution in [0.3, 0.4) is 0 Å². The van der Waals surface area contributed by atoms with Crippen molar-refractivity contribution in [3.05, 3.63) is 23.8 Å². The highest BCUT2D eigenvalue weighted by Crippen LogP contribution is 2.44. The van der Waals surface area contributed by atoms with Crippen LogP contribution < -0.4 is 20.1 Å². The van der Waals surface area contributed by atoms with Crippen molar-refractivity contribution in [2.45, 2.75) is 31.8 Å². The molecule has 6 nitrogen and oxygen atoms in total. The lowest BCUT2D eigenvalue weighted by Gasteiger charge is -2.37. The van der Waals surface area contributed by atoms with Crippen LogP contribution in [0.25, 0.3) is 0 Å². The van der Waals surface area contributed by atoms with Crippen LogP contribution in [-0.4, -0.2) is 44.9 Å². The zero-order chi connectivity index (χ0) is 17.9. The van der Waals surface area contributed by atoms with Crippen molar-refractivity contribution in [2.24, 2.45) is 11.3 Å². The number of fused-ring (bicyclic) bond motifs is 1. The minimum absolute atomic E-state index is 0.0584. The van der Waals surface area contributed by atoms with E-state index in [9.17, 15) is 9.90 Å². The molecular formula is C19H28N2O4. The van der Waals surface area contributed by atoms with Gasteiger partial charge in [0.05, 0.1) is 25.7 Å². The van der Waals surface area contributed by atoms with E-state index in [1.165, 1.54) is 6.42 Å². The molecule has 3 atom stereocenters. The van der Waals surface area contributed by atoms with Crippen molar-refractivity contribution in [2.75, 3.05) is 33.9 Å². The molecule has 1 amide bonds. The molecule has 2 fully saturated rings. The van der Waals surface area contributed by atoms with Crippen molar-refractivity contribution in [3.8, 4) is 11.5 Å². The Morgan fingerprint density at radius 1 is 1.40 bits per heavy atom. The number of ether oxygens (including phenoxy) is 2. The summed E-state index contributed by atoms with van der Waals surface area (Å²) in [6.45, 7) is 1.82. The van der Waals surface area contributed by atoms with Crippen LogP contribution in [0.2, 0.25) is 0 Å². The number of benzene rings is 1. The molecule has 0 bridgehead atoms. The van der Waals surface area contributed by atoms with Crippen molar-refractivity contribution >= 4 is 5.91 Å². The smallest absolute Gasteiger partial charge is 0.227 e. The van der Waals surface area contributed by atoms with Gasteiger partial charge in [0, 0.05) is 18.7 Å². The predicted molar refractivity (Wildman–Crippen MR) is 94.8 cm³/mol. The second-order valence-corrected chi connectivity index (χ2v) is 7.06. The summed E-state index contributed by atoms with van der Waals surface area (Å²) in [6, 6.07) is 5.29. The average Bonchev–Trinajstić information content (AvgIpc) is 3.10. The predicted octanol–water partition coefficient (Wildman–Crippen LogP) is 1.63. The highest BCUT2D eigenvalue weighted by molar-refractivity contribution is 5.84. The molecule has 1 saturated heterocycles. The fraction of sp³-hybridized carbons (Fsp3) is 0.632. The molecule has 1 aliphatic heterocycles. The normalized spacial score (nSPS) is 26.6. The molecular weight excluding hydrogens is 320 g/mol. The van der Waals surface area contributed by atoms with Gasteiger partial charge in [-0.05, 0) is 43.5 Å². The summed E-state index contributed by atoms with van der Waals surface area (Å²) in [5.41, 5.74) is 0.306. The summed E-state index contributed by atoms with van der Waals surface area (Å²) in [6.07, 6.45) is 3.48. The van der Waals surface area contributed by atoms with E-state index in [1.807, 2.05) is 0 Å². The van der Waals surface area contributed by atoms with Gasteiger partial charge in [0.2, 0.25) is 5.91 Å². The lowest BCUT2D eigenvalue weighted by Crippen LogP contribution is -2.48. The van der Waals surface area contributed by atoms with Gasteiger partial charge in [-0.15, -0.1) is 0 Å². The van der Waals surface area contributed by atoms with E-state index in [0.29, 0.717) is 23.0 Å². The number of rotatable bonds is 6. The Bertz CT molecular complexity index is 621. The number of hydrogen-bond donors (Lipinski definition) is 3. The molecule has 1 aromatic rings. The maximum atomic E-state index is 12.9. The van der Waals surface area contributed by atoms with Gasteiger partial charge in [0.1, 0.15) is 11.5 Å². The first-order valence-corrected chi connectivity index (χ1v) is 8.99. The lowest BCUT2D eigenvalue weighted by molar-refractivity contribution is -0.134. The van der Waals surface area contributed by atoms with E-state index >= 15 is 0 Å². The highest BCUT2D eigenvalue weighted by Gasteiger charge is 2.49. The molecule has 0 spiro atoms. The van der Waals surface area contributed by atoms with Crippen LogP contribution in [0.1, 0.15) is 37.4 Å². The molecule has 6 heteroatoms. The molecule has 3 N–H and O–H groups in total. The first-order valence-electron chi connectivity index (χ1n) is 8.99. The zero-order valence-electron chi connectivity index (χ0n) is 15.0. The van der Waals surface area contributed by atoms with Gasteiger partial charge in [0.25, 0.3) is 0 Å². The molecule has 3 rings (SSSR count). The second-order valence-electron chi connectivity index (χ2n) is 7.06.